The summed E-state index contributed by atoms with van der Waals surface area (Å²) in [5.74, 6) is 0.565. The van der Waals surface area contributed by atoms with Crippen molar-refractivity contribution in [2.45, 2.75) is 13.5 Å². The van der Waals surface area contributed by atoms with Gasteiger partial charge >= 0.3 is 0 Å². The topological polar surface area (TPSA) is 61.4 Å². The summed E-state index contributed by atoms with van der Waals surface area (Å²) in [6, 6.07) is 7.47. The van der Waals surface area contributed by atoms with E-state index in [1.165, 1.54) is 4.80 Å². The molecule has 0 fully saturated rings. The van der Waals surface area contributed by atoms with Crippen LogP contribution in [0.2, 0.25) is 5.02 Å². The minimum atomic E-state index is 0.565. The number of aromatic nitrogens is 6. The molecule has 0 radical (unpaired) electrons. The zero-order valence-corrected chi connectivity index (χ0v) is 11.0. The van der Waals surface area contributed by atoms with Crippen LogP contribution in [0.4, 0.5) is 0 Å². The van der Waals surface area contributed by atoms with E-state index in [9.17, 15) is 0 Å². The molecule has 0 bridgehead atoms. The molecule has 96 valence electrons. The Bertz CT molecular complexity index is 702. The lowest BCUT2D eigenvalue weighted by Gasteiger charge is -2.00. The Hall–Kier alpha value is -2.21. The van der Waals surface area contributed by atoms with Gasteiger partial charge in [-0.2, -0.15) is 9.90 Å². The van der Waals surface area contributed by atoms with E-state index in [2.05, 4.69) is 20.5 Å². The van der Waals surface area contributed by atoms with Crippen molar-refractivity contribution in [1.29, 1.82) is 0 Å². The molecule has 0 saturated heterocycles. The lowest BCUT2D eigenvalue weighted by molar-refractivity contribution is 0.553. The zero-order valence-electron chi connectivity index (χ0n) is 10.2. The van der Waals surface area contributed by atoms with E-state index in [0.717, 1.165) is 11.3 Å². The van der Waals surface area contributed by atoms with Crippen molar-refractivity contribution in [3.63, 3.8) is 0 Å². The van der Waals surface area contributed by atoms with Gasteiger partial charge in [0.05, 0.1) is 24.0 Å². The molecule has 0 amide bonds. The lowest BCUT2D eigenvalue weighted by atomic mass is 10.3. The van der Waals surface area contributed by atoms with E-state index >= 15 is 0 Å². The number of hydrogen-bond acceptors (Lipinski definition) is 4. The molecule has 7 heteroatoms. The first kappa shape index (κ1) is 11.9. The van der Waals surface area contributed by atoms with Gasteiger partial charge in [-0.3, -0.25) is 0 Å². The normalized spacial score (nSPS) is 10.8. The molecule has 0 spiro atoms. The van der Waals surface area contributed by atoms with Gasteiger partial charge in [0.15, 0.2) is 0 Å². The quantitative estimate of drug-likeness (QED) is 0.735. The van der Waals surface area contributed by atoms with Crippen molar-refractivity contribution in [2.24, 2.45) is 0 Å². The molecule has 0 N–H and O–H groups in total. The van der Waals surface area contributed by atoms with Crippen LogP contribution < -0.4 is 0 Å². The molecule has 2 heterocycles. The van der Waals surface area contributed by atoms with Crippen molar-refractivity contribution in [1.82, 2.24) is 30.0 Å². The van der Waals surface area contributed by atoms with Gasteiger partial charge in [-0.25, -0.2) is 4.68 Å². The molecular formula is C12H11ClN6. The fraction of sp³-hybridized carbons (Fsp3) is 0.167. The van der Waals surface area contributed by atoms with Crippen molar-refractivity contribution in [3.8, 4) is 17.1 Å². The lowest BCUT2D eigenvalue weighted by Crippen LogP contribution is -1.98. The fourth-order valence-corrected chi connectivity index (χ4v) is 1.88. The number of halogens is 1. The van der Waals surface area contributed by atoms with Gasteiger partial charge in [-0.1, -0.05) is 17.7 Å². The highest BCUT2D eigenvalue weighted by Crippen LogP contribution is 2.18. The van der Waals surface area contributed by atoms with E-state index in [-0.39, 0.29) is 0 Å². The summed E-state index contributed by atoms with van der Waals surface area (Å²) in [5, 5.41) is 17.1. The molecule has 0 unspecified atom stereocenters. The zero-order chi connectivity index (χ0) is 13.2. The Kier molecular flexibility index (Phi) is 3.00. The van der Waals surface area contributed by atoms with Crippen LogP contribution in [0.3, 0.4) is 0 Å². The third-order valence-corrected chi connectivity index (χ3v) is 2.88. The number of benzene rings is 1. The number of aryl methyl sites for hydroxylation is 1. The van der Waals surface area contributed by atoms with Crippen molar-refractivity contribution in [3.05, 3.63) is 41.7 Å². The number of tetrazole rings is 1. The van der Waals surface area contributed by atoms with Gasteiger partial charge in [-0.15, -0.1) is 10.2 Å². The highest BCUT2D eigenvalue weighted by Gasteiger charge is 2.08. The summed E-state index contributed by atoms with van der Waals surface area (Å²) in [6.07, 6.45) is 3.56. The van der Waals surface area contributed by atoms with Crippen LogP contribution in [0.1, 0.15) is 6.92 Å². The minimum absolute atomic E-state index is 0.565. The molecule has 0 saturated carbocycles. The standard InChI is InChI=1S/C12H11ClN6/c1-2-19-16-12(15-17-19)9-7-14-18(8-9)11-5-3-4-10(13)6-11/h3-8H,2H2,1H3. The van der Waals surface area contributed by atoms with Gasteiger partial charge < -0.3 is 0 Å². The first-order valence-electron chi connectivity index (χ1n) is 5.85. The second kappa shape index (κ2) is 4.81. The molecule has 3 aromatic rings. The van der Waals surface area contributed by atoms with E-state index in [0.29, 0.717) is 17.4 Å². The fourth-order valence-electron chi connectivity index (χ4n) is 1.69. The Balaban J connectivity index is 1.95. The van der Waals surface area contributed by atoms with Gasteiger partial charge in [0.2, 0.25) is 5.82 Å². The first-order valence-corrected chi connectivity index (χ1v) is 6.23. The molecule has 19 heavy (non-hydrogen) atoms. The van der Waals surface area contributed by atoms with Gasteiger partial charge in [0.1, 0.15) is 0 Å². The third kappa shape index (κ3) is 2.34. The number of hydrogen-bond donors (Lipinski definition) is 0. The van der Waals surface area contributed by atoms with E-state index in [4.69, 9.17) is 11.6 Å². The second-order valence-corrected chi connectivity index (χ2v) is 4.39. The van der Waals surface area contributed by atoms with Crippen molar-refractivity contribution in [2.75, 3.05) is 0 Å². The predicted molar refractivity (Wildman–Crippen MR) is 71.1 cm³/mol. The Morgan fingerprint density at radius 1 is 1.32 bits per heavy atom. The molecule has 2 aromatic heterocycles. The van der Waals surface area contributed by atoms with Gasteiger partial charge in [0, 0.05) is 11.2 Å². The number of nitrogens with zero attached hydrogens (tertiary/aromatic N) is 6. The molecule has 1 aromatic carbocycles. The Labute approximate surface area is 114 Å². The van der Waals surface area contributed by atoms with Crippen LogP contribution in [0.15, 0.2) is 36.7 Å². The molecule has 0 aliphatic rings. The van der Waals surface area contributed by atoms with Crippen LogP contribution in [0.5, 0.6) is 0 Å². The van der Waals surface area contributed by atoms with Gasteiger partial charge in [0.25, 0.3) is 0 Å². The third-order valence-electron chi connectivity index (χ3n) is 2.65. The predicted octanol–water partition coefficient (Wildman–Crippen LogP) is 2.20. The molecule has 6 nitrogen and oxygen atoms in total. The largest absolute Gasteiger partial charge is 0.240 e. The molecule has 0 aliphatic carbocycles. The SMILES string of the molecule is CCn1nnc(-c2cnn(-c3cccc(Cl)c3)c2)n1. The van der Waals surface area contributed by atoms with Crippen molar-refractivity contribution < 1.29 is 0 Å². The maximum atomic E-state index is 5.96. The summed E-state index contributed by atoms with van der Waals surface area (Å²) in [7, 11) is 0. The number of rotatable bonds is 3. The molecule has 3 rings (SSSR count). The second-order valence-electron chi connectivity index (χ2n) is 3.96. The molecular weight excluding hydrogens is 264 g/mol. The van der Waals surface area contributed by atoms with Crippen LogP contribution >= 0.6 is 11.6 Å². The van der Waals surface area contributed by atoms with Crippen LogP contribution in [-0.4, -0.2) is 30.0 Å². The maximum Gasteiger partial charge on any atom is 0.208 e. The average molecular weight is 275 g/mol. The van der Waals surface area contributed by atoms with Gasteiger partial charge in [-0.05, 0) is 30.3 Å². The van der Waals surface area contributed by atoms with E-state index in [1.807, 2.05) is 37.4 Å². The van der Waals surface area contributed by atoms with Crippen LogP contribution in [-0.2, 0) is 6.54 Å². The van der Waals surface area contributed by atoms with Crippen molar-refractivity contribution >= 4 is 11.6 Å². The highest BCUT2D eigenvalue weighted by molar-refractivity contribution is 6.30. The first-order chi connectivity index (χ1) is 9.26. The maximum absolute atomic E-state index is 5.96. The summed E-state index contributed by atoms with van der Waals surface area (Å²) in [5.41, 5.74) is 1.71. The summed E-state index contributed by atoms with van der Waals surface area (Å²) in [6.45, 7) is 2.65. The van der Waals surface area contributed by atoms with E-state index < -0.39 is 0 Å². The summed E-state index contributed by atoms with van der Waals surface area (Å²) in [4.78, 5) is 1.53. The molecule has 0 atom stereocenters. The summed E-state index contributed by atoms with van der Waals surface area (Å²) >= 11 is 5.96. The monoisotopic (exact) mass is 274 g/mol. The molecule has 0 aliphatic heterocycles. The Morgan fingerprint density at radius 2 is 2.21 bits per heavy atom. The smallest absolute Gasteiger partial charge is 0.208 e. The van der Waals surface area contributed by atoms with E-state index in [1.54, 1.807) is 10.9 Å². The Morgan fingerprint density at radius 3 is 2.95 bits per heavy atom. The summed E-state index contributed by atoms with van der Waals surface area (Å²) < 4.78 is 1.73. The van der Waals surface area contributed by atoms with Crippen LogP contribution in [0, 0.1) is 0 Å². The van der Waals surface area contributed by atoms with Crippen LogP contribution in [0.25, 0.3) is 17.1 Å². The highest BCUT2D eigenvalue weighted by atomic mass is 35.5. The average Bonchev–Trinajstić information content (AvgIpc) is 3.07. The minimum Gasteiger partial charge on any atom is -0.240 e.